The van der Waals surface area contributed by atoms with Crippen LogP contribution in [0.15, 0.2) is 36.4 Å². The molecule has 1 aromatic carbocycles. The van der Waals surface area contributed by atoms with Crippen molar-refractivity contribution < 1.29 is 9.53 Å². The second-order valence-corrected chi connectivity index (χ2v) is 4.86. The molecule has 0 aliphatic carbocycles. The zero-order valence-electron chi connectivity index (χ0n) is 12.0. The number of rotatable bonds is 5. The first-order valence-corrected chi connectivity index (χ1v) is 6.60. The molecule has 5 nitrogen and oxygen atoms in total. The summed E-state index contributed by atoms with van der Waals surface area (Å²) in [5, 5.41) is 7.16. The van der Waals surface area contributed by atoms with E-state index in [0.717, 1.165) is 5.69 Å². The Balaban J connectivity index is 1.95. The Bertz CT molecular complexity index is 576. The molecule has 2 rings (SSSR count). The van der Waals surface area contributed by atoms with Crippen LogP contribution in [0.1, 0.15) is 25.6 Å². The maximum absolute atomic E-state index is 11.9. The molecule has 0 spiro atoms. The zero-order valence-corrected chi connectivity index (χ0v) is 12.0. The molecule has 0 radical (unpaired) electrons. The highest BCUT2D eigenvalue weighted by atomic mass is 16.5. The summed E-state index contributed by atoms with van der Waals surface area (Å²) < 4.78 is 7.19. The molecule has 0 aliphatic heterocycles. The van der Waals surface area contributed by atoms with Crippen molar-refractivity contribution in [3.8, 4) is 5.75 Å². The molecule has 0 fully saturated rings. The lowest BCUT2D eigenvalue weighted by atomic mass is 10.3. The quantitative estimate of drug-likeness (QED) is 0.911. The summed E-state index contributed by atoms with van der Waals surface area (Å²) in [5.74, 6) is 1.17. The molecule has 0 saturated carbocycles. The van der Waals surface area contributed by atoms with Gasteiger partial charge in [0, 0.05) is 12.1 Å². The van der Waals surface area contributed by atoms with Gasteiger partial charge in [-0.2, -0.15) is 5.10 Å². The standard InChI is InChI=1S/C15H19N3O2/c1-11(2)18-14(9-12(3)17-18)16-15(19)10-20-13-7-5-4-6-8-13/h4-9,11H,10H2,1-3H3,(H,16,19). The van der Waals surface area contributed by atoms with Crippen LogP contribution in [0.5, 0.6) is 5.75 Å². The van der Waals surface area contributed by atoms with Gasteiger partial charge < -0.3 is 10.1 Å². The van der Waals surface area contributed by atoms with E-state index in [-0.39, 0.29) is 18.6 Å². The third kappa shape index (κ3) is 3.60. The van der Waals surface area contributed by atoms with Crippen LogP contribution in [-0.2, 0) is 4.79 Å². The smallest absolute Gasteiger partial charge is 0.263 e. The van der Waals surface area contributed by atoms with Gasteiger partial charge in [-0.25, -0.2) is 4.68 Å². The number of amides is 1. The Labute approximate surface area is 118 Å². The second-order valence-electron chi connectivity index (χ2n) is 4.86. The van der Waals surface area contributed by atoms with E-state index in [9.17, 15) is 4.79 Å². The van der Waals surface area contributed by atoms with Crippen molar-refractivity contribution in [1.29, 1.82) is 0 Å². The Hall–Kier alpha value is -2.30. The van der Waals surface area contributed by atoms with Gasteiger partial charge in [0.2, 0.25) is 0 Å². The summed E-state index contributed by atoms with van der Waals surface area (Å²) in [6.07, 6.45) is 0. The molecule has 0 aliphatic rings. The third-order valence-corrected chi connectivity index (χ3v) is 2.73. The van der Waals surface area contributed by atoms with E-state index in [2.05, 4.69) is 10.4 Å². The van der Waals surface area contributed by atoms with Crippen LogP contribution in [0.25, 0.3) is 0 Å². The number of carbonyl (C=O) groups excluding carboxylic acids is 1. The van der Waals surface area contributed by atoms with E-state index in [1.54, 1.807) is 4.68 Å². The van der Waals surface area contributed by atoms with Gasteiger partial charge in [-0.1, -0.05) is 18.2 Å². The van der Waals surface area contributed by atoms with Crippen LogP contribution >= 0.6 is 0 Å². The largest absolute Gasteiger partial charge is 0.484 e. The molecular formula is C15H19N3O2. The van der Waals surface area contributed by atoms with Gasteiger partial charge in [0.15, 0.2) is 6.61 Å². The Morgan fingerprint density at radius 1 is 1.35 bits per heavy atom. The Kier molecular flexibility index (Phi) is 4.40. The minimum atomic E-state index is -0.198. The number of nitrogens with one attached hydrogen (secondary N) is 1. The first-order valence-electron chi connectivity index (χ1n) is 6.60. The number of hydrogen-bond donors (Lipinski definition) is 1. The molecule has 1 heterocycles. The van der Waals surface area contributed by atoms with Gasteiger partial charge in [0.05, 0.1) is 5.69 Å². The Morgan fingerprint density at radius 3 is 2.70 bits per heavy atom. The SMILES string of the molecule is Cc1cc(NC(=O)COc2ccccc2)n(C(C)C)n1. The summed E-state index contributed by atoms with van der Waals surface area (Å²) >= 11 is 0. The van der Waals surface area contributed by atoms with Gasteiger partial charge in [-0.3, -0.25) is 4.79 Å². The van der Waals surface area contributed by atoms with Gasteiger partial charge in [-0.05, 0) is 32.9 Å². The van der Waals surface area contributed by atoms with E-state index < -0.39 is 0 Å². The summed E-state index contributed by atoms with van der Waals surface area (Å²) in [6, 6.07) is 11.3. The number of carbonyl (C=O) groups is 1. The third-order valence-electron chi connectivity index (χ3n) is 2.73. The van der Waals surface area contributed by atoms with Crippen molar-refractivity contribution in [3.05, 3.63) is 42.1 Å². The molecule has 1 aromatic heterocycles. The summed E-state index contributed by atoms with van der Waals surface area (Å²) in [4.78, 5) is 11.9. The van der Waals surface area contributed by atoms with E-state index >= 15 is 0 Å². The highest BCUT2D eigenvalue weighted by Crippen LogP contribution is 2.16. The number of ether oxygens (including phenoxy) is 1. The van der Waals surface area contributed by atoms with E-state index in [1.165, 1.54) is 0 Å². The number of nitrogens with zero attached hydrogens (tertiary/aromatic N) is 2. The molecule has 0 saturated heterocycles. The molecular weight excluding hydrogens is 254 g/mol. The fourth-order valence-electron chi connectivity index (χ4n) is 1.85. The monoisotopic (exact) mass is 273 g/mol. The van der Waals surface area contributed by atoms with Crippen LogP contribution in [0.4, 0.5) is 5.82 Å². The number of aryl methyl sites for hydroxylation is 1. The highest BCUT2D eigenvalue weighted by molar-refractivity contribution is 5.91. The molecule has 2 aromatic rings. The lowest BCUT2D eigenvalue weighted by Gasteiger charge is -2.12. The minimum absolute atomic E-state index is 0.0215. The molecule has 20 heavy (non-hydrogen) atoms. The van der Waals surface area contributed by atoms with E-state index in [4.69, 9.17) is 4.74 Å². The van der Waals surface area contributed by atoms with Crippen LogP contribution in [0.3, 0.4) is 0 Å². The highest BCUT2D eigenvalue weighted by Gasteiger charge is 2.11. The average Bonchev–Trinajstić information content (AvgIpc) is 2.79. The summed E-state index contributed by atoms with van der Waals surface area (Å²) in [5.41, 5.74) is 0.873. The predicted octanol–water partition coefficient (Wildman–Crippen LogP) is 2.79. The summed E-state index contributed by atoms with van der Waals surface area (Å²) in [6.45, 7) is 5.91. The van der Waals surface area contributed by atoms with Crippen molar-refractivity contribution in [1.82, 2.24) is 9.78 Å². The first-order chi connectivity index (χ1) is 9.56. The number of benzene rings is 1. The Morgan fingerprint density at radius 2 is 2.05 bits per heavy atom. The van der Waals surface area contributed by atoms with Crippen molar-refractivity contribution in [2.24, 2.45) is 0 Å². The van der Waals surface area contributed by atoms with Gasteiger partial charge in [-0.15, -0.1) is 0 Å². The summed E-state index contributed by atoms with van der Waals surface area (Å²) in [7, 11) is 0. The van der Waals surface area contributed by atoms with E-state index in [0.29, 0.717) is 11.6 Å². The number of aromatic nitrogens is 2. The molecule has 0 bridgehead atoms. The molecule has 0 atom stereocenters. The molecule has 1 amide bonds. The molecule has 5 heteroatoms. The van der Waals surface area contributed by atoms with Gasteiger partial charge in [0.25, 0.3) is 5.91 Å². The number of anilines is 1. The topological polar surface area (TPSA) is 56.1 Å². The van der Waals surface area contributed by atoms with Crippen LogP contribution < -0.4 is 10.1 Å². The fourth-order valence-corrected chi connectivity index (χ4v) is 1.85. The van der Waals surface area contributed by atoms with Crippen LogP contribution in [0.2, 0.25) is 0 Å². The number of para-hydroxylation sites is 1. The average molecular weight is 273 g/mol. The second kappa shape index (κ2) is 6.23. The molecule has 1 N–H and O–H groups in total. The zero-order chi connectivity index (χ0) is 14.5. The first kappa shape index (κ1) is 14.1. The van der Waals surface area contributed by atoms with Crippen molar-refractivity contribution in [2.45, 2.75) is 26.8 Å². The lowest BCUT2D eigenvalue weighted by molar-refractivity contribution is -0.118. The molecule has 0 unspecified atom stereocenters. The van der Waals surface area contributed by atoms with Crippen LogP contribution in [0, 0.1) is 6.92 Å². The van der Waals surface area contributed by atoms with Crippen molar-refractivity contribution in [2.75, 3.05) is 11.9 Å². The predicted molar refractivity (Wildman–Crippen MR) is 77.9 cm³/mol. The fraction of sp³-hybridized carbons (Fsp3) is 0.333. The normalized spacial score (nSPS) is 10.6. The van der Waals surface area contributed by atoms with Crippen LogP contribution in [-0.4, -0.2) is 22.3 Å². The molecule has 106 valence electrons. The maximum atomic E-state index is 11.9. The van der Waals surface area contributed by atoms with Gasteiger partial charge in [0.1, 0.15) is 11.6 Å². The minimum Gasteiger partial charge on any atom is -0.484 e. The maximum Gasteiger partial charge on any atom is 0.263 e. The van der Waals surface area contributed by atoms with Gasteiger partial charge >= 0.3 is 0 Å². The number of hydrogen-bond acceptors (Lipinski definition) is 3. The van der Waals surface area contributed by atoms with Crippen molar-refractivity contribution >= 4 is 11.7 Å². The lowest BCUT2D eigenvalue weighted by Crippen LogP contribution is -2.22. The van der Waals surface area contributed by atoms with E-state index in [1.807, 2.05) is 57.2 Å². The van der Waals surface area contributed by atoms with Crippen molar-refractivity contribution in [3.63, 3.8) is 0 Å².